The normalized spacial score (nSPS) is 11.7. The number of carbonyl (C=O) groups excluding carboxylic acids is 1. The van der Waals surface area contributed by atoms with E-state index in [-0.39, 0.29) is 13.0 Å². The van der Waals surface area contributed by atoms with Gasteiger partial charge in [0.15, 0.2) is 6.10 Å². The van der Waals surface area contributed by atoms with E-state index < -0.39 is 18.1 Å². The molecule has 104 valence electrons. The van der Waals surface area contributed by atoms with E-state index in [2.05, 4.69) is 10.6 Å². The summed E-state index contributed by atoms with van der Waals surface area (Å²) in [5, 5.41) is 22.7. The van der Waals surface area contributed by atoms with Gasteiger partial charge in [-0.15, -0.1) is 0 Å². The summed E-state index contributed by atoms with van der Waals surface area (Å²) >= 11 is 0. The van der Waals surface area contributed by atoms with Crippen LogP contribution in [0.1, 0.15) is 17.5 Å². The molecule has 0 heterocycles. The average molecular weight is 266 g/mol. The molecule has 1 aromatic rings. The van der Waals surface area contributed by atoms with Gasteiger partial charge in [-0.25, -0.2) is 9.59 Å². The van der Waals surface area contributed by atoms with Gasteiger partial charge in [0, 0.05) is 18.7 Å². The van der Waals surface area contributed by atoms with E-state index in [0.29, 0.717) is 5.69 Å². The smallest absolute Gasteiger partial charge is 0.332 e. The van der Waals surface area contributed by atoms with E-state index in [1.54, 1.807) is 0 Å². The van der Waals surface area contributed by atoms with Crippen LogP contribution in [0.5, 0.6) is 0 Å². The molecule has 6 heteroatoms. The topological polar surface area (TPSA) is 98.7 Å². The molecule has 0 saturated heterocycles. The zero-order chi connectivity index (χ0) is 14.4. The molecule has 0 radical (unpaired) electrons. The molecule has 0 aromatic heterocycles. The van der Waals surface area contributed by atoms with Gasteiger partial charge in [-0.3, -0.25) is 0 Å². The van der Waals surface area contributed by atoms with Gasteiger partial charge < -0.3 is 20.8 Å². The highest BCUT2D eigenvalue weighted by Gasteiger charge is 2.13. The number of hydrogen-bond donors (Lipinski definition) is 4. The Hall–Kier alpha value is -2.08. The minimum atomic E-state index is -1.46. The van der Waals surface area contributed by atoms with Crippen LogP contribution in [0.4, 0.5) is 10.5 Å². The lowest BCUT2D eigenvalue weighted by atomic mass is 10.1. The van der Waals surface area contributed by atoms with Crippen molar-refractivity contribution in [2.24, 2.45) is 0 Å². The minimum absolute atomic E-state index is 0.0322. The van der Waals surface area contributed by atoms with Crippen molar-refractivity contribution in [1.29, 1.82) is 0 Å². The summed E-state index contributed by atoms with van der Waals surface area (Å²) in [5.41, 5.74) is 2.67. The lowest BCUT2D eigenvalue weighted by Gasteiger charge is -2.11. The molecule has 6 nitrogen and oxygen atoms in total. The number of aliphatic hydroxyl groups is 1. The maximum absolute atomic E-state index is 11.6. The van der Waals surface area contributed by atoms with E-state index >= 15 is 0 Å². The van der Waals surface area contributed by atoms with Gasteiger partial charge in [-0.1, -0.05) is 12.1 Å². The van der Waals surface area contributed by atoms with Crippen LogP contribution in [0, 0.1) is 13.8 Å². The summed E-state index contributed by atoms with van der Waals surface area (Å²) in [4.78, 5) is 21.9. The molecule has 0 spiro atoms. The number of urea groups is 1. The van der Waals surface area contributed by atoms with Crippen molar-refractivity contribution < 1.29 is 19.8 Å². The number of carbonyl (C=O) groups is 2. The van der Waals surface area contributed by atoms with Crippen LogP contribution >= 0.6 is 0 Å². The number of nitrogens with one attached hydrogen (secondary N) is 2. The average Bonchev–Trinajstić information content (AvgIpc) is 2.33. The fraction of sp³-hybridized carbons (Fsp3) is 0.385. The maximum atomic E-state index is 11.6. The monoisotopic (exact) mass is 266 g/mol. The first-order valence-electron chi connectivity index (χ1n) is 5.93. The van der Waals surface area contributed by atoms with Crippen LogP contribution in [-0.4, -0.2) is 34.9 Å². The van der Waals surface area contributed by atoms with E-state index in [1.807, 2.05) is 32.0 Å². The summed E-state index contributed by atoms with van der Waals surface area (Å²) in [7, 11) is 0. The SMILES string of the molecule is Cc1ccc(C)c(NC(=O)NCCC(O)C(=O)O)c1. The van der Waals surface area contributed by atoms with Gasteiger partial charge in [0.2, 0.25) is 0 Å². The molecular formula is C13H18N2O4. The standard InChI is InChI=1S/C13H18N2O4/c1-8-3-4-9(2)10(7-8)15-13(19)14-6-5-11(16)12(17)18/h3-4,7,11,16H,5-6H2,1-2H3,(H,17,18)(H2,14,15,19). The van der Waals surface area contributed by atoms with Crippen LogP contribution in [0.15, 0.2) is 18.2 Å². The number of aryl methyl sites for hydroxylation is 2. The number of hydrogen-bond acceptors (Lipinski definition) is 3. The quantitative estimate of drug-likeness (QED) is 0.644. The highest BCUT2D eigenvalue weighted by atomic mass is 16.4. The first-order valence-corrected chi connectivity index (χ1v) is 5.93. The van der Waals surface area contributed by atoms with Crippen molar-refractivity contribution >= 4 is 17.7 Å². The van der Waals surface area contributed by atoms with Gasteiger partial charge in [-0.05, 0) is 31.0 Å². The Morgan fingerprint density at radius 1 is 1.32 bits per heavy atom. The highest BCUT2D eigenvalue weighted by Crippen LogP contribution is 2.15. The summed E-state index contributed by atoms with van der Waals surface area (Å²) in [6.45, 7) is 3.89. The molecule has 2 amide bonds. The number of anilines is 1. The summed E-state index contributed by atoms with van der Waals surface area (Å²) in [5.74, 6) is -1.29. The Morgan fingerprint density at radius 2 is 2.00 bits per heavy atom. The second-order valence-electron chi connectivity index (χ2n) is 4.34. The zero-order valence-electron chi connectivity index (χ0n) is 10.9. The molecule has 0 saturated carbocycles. The number of amides is 2. The number of carboxylic acids is 1. The van der Waals surface area contributed by atoms with Gasteiger partial charge >= 0.3 is 12.0 Å². The van der Waals surface area contributed by atoms with Crippen molar-refractivity contribution in [3.63, 3.8) is 0 Å². The van der Waals surface area contributed by atoms with Crippen molar-refractivity contribution in [2.45, 2.75) is 26.4 Å². The van der Waals surface area contributed by atoms with Gasteiger partial charge in [0.1, 0.15) is 0 Å². The van der Waals surface area contributed by atoms with Gasteiger partial charge in [0.05, 0.1) is 0 Å². The lowest BCUT2D eigenvalue weighted by Crippen LogP contribution is -2.33. The largest absolute Gasteiger partial charge is 0.479 e. The molecular weight excluding hydrogens is 248 g/mol. The van der Waals surface area contributed by atoms with Crippen molar-refractivity contribution in [3.8, 4) is 0 Å². The first-order chi connectivity index (χ1) is 8.90. The number of benzene rings is 1. The Bertz CT molecular complexity index is 474. The highest BCUT2D eigenvalue weighted by molar-refractivity contribution is 5.90. The predicted molar refractivity (Wildman–Crippen MR) is 71.2 cm³/mol. The maximum Gasteiger partial charge on any atom is 0.332 e. The molecule has 1 unspecified atom stereocenters. The van der Waals surface area contributed by atoms with E-state index in [0.717, 1.165) is 11.1 Å². The third-order valence-corrected chi connectivity index (χ3v) is 2.63. The number of aliphatic hydroxyl groups excluding tert-OH is 1. The molecule has 4 N–H and O–H groups in total. The fourth-order valence-electron chi connectivity index (χ4n) is 1.48. The molecule has 0 aliphatic carbocycles. The lowest BCUT2D eigenvalue weighted by molar-refractivity contribution is -0.146. The third-order valence-electron chi connectivity index (χ3n) is 2.63. The fourth-order valence-corrected chi connectivity index (χ4v) is 1.48. The minimum Gasteiger partial charge on any atom is -0.479 e. The second kappa shape index (κ2) is 6.75. The second-order valence-corrected chi connectivity index (χ2v) is 4.34. The van der Waals surface area contributed by atoms with E-state index in [1.165, 1.54) is 0 Å². The van der Waals surface area contributed by atoms with E-state index in [4.69, 9.17) is 10.2 Å². The van der Waals surface area contributed by atoms with Crippen molar-refractivity contribution in [2.75, 3.05) is 11.9 Å². The van der Waals surface area contributed by atoms with Crippen LogP contribution < -0.4 is 10.6 Å². The molecule has 0 aliphatic heterocycles. The van der Waals surface area contributed by atoms with Crippen LogP contribution in [0.25, 0.3) is 0 Å². The number of carboxylic acid groups (broad SMARTS) is 1. The van der Waals surface area contributed by atoms with Crippen LogP contribution in [0.3, 0.4) is 0 Å². The predicted octanol–water partition coefficient (Wildman–Crippen LogP) is 1.26. The van der Waals surface area contributed by atoms with E-state index in [9.17, 15) is 9.59 Å². The molecule has 1 rings (SSSR count). The Kier molecular flexibility index (Phi) is 5.32. The third kappa shape index (κ3) is 4.97. The molecule has 0 fully saturated rings. The van der Waals surface area contributed by atoms with Crippen LogP contribution in [0.2, 0.25) is 0 Å². The Balaban J connectivity index is 2.43. The number of aliphatic carboxylic acids is 1. The Morgan fingerprint density at radius 3 is 2.63 bits per heavy atom. The Labute approximate surface area is 111 Å². The van der Waals surface area contributed by atoms with Crippen molar-refractivity contribution in [1.82, 2.24) is 5.32 Å². The molecule has 19 heavy (non-hydrogen) atoms. The van der Waals surface area contributed by atoms with Crippen molar-refractivity contribution in [3.05, 3.63) is 29.3 Å². The summed E-state index contributed by atoms with van der Waals surface area (Å²) < 4.78 is 0. The molecule has 0 aliphatic rings. The summed E-state index contributed by atoms with van der Waals surface area (Å²) in [6.07, 6.45) is -1.49. The summed E-state index contributed by atoms with van der Waals surface area (Å²) in [6, 6.07) is 5.27. The number of rotatable bonds is 5. The molecule has 0 bridgehead atoms. The van der Waals surface area contributed by atoms with Gasteiger partial charge in [-0.2, -0.15) is 0 Å². The molecule has 1 atom stereocenters. The van der Waals surface area contributed by atoms with Crippen LogP contribution in [-0.2, 0) is 4.79 Å². The van der Waals surface area contributed by atoms with Gasteiger partial charge in [0.25, 0.3) is 0 Å². The first kappa shape index (κ1) is 15.0. The molecule has 1 aromatic carbocycles. The zero-order valence-corrected chi connectivity index (χ0v) is 10.9.